The highest BCUT2D eigenvalue weighted by Crippen LogP contribution is 2.34. The molecule has 1 heterocycles. The van der Waals surface area contributed by atoms with Gasteiger partial charge >= 0.3 is 0 Å². The maximum Gasteiger partial charge on any atom is 0.244 e. The van der Waals surface area contributed by atoms with Crippen LogP contribution in [-0.2, 0) is 4.79 Å². The second-order valence-electron chi connectivity index (χ2n) is 5.46. The average molecular weight is 388 g/mol. The summed E-state index contributed by atoms with van der Waals surface area (Å²) in [6.07, 6.45) is 4.04. The van der Waals surface area contributed by atoms with Gasteiger partial charge in [-0.25, -0.2) is 0 Å². The van der Waals surface area contributed by atoms with Crippen LogP contribution in [0.1, 0.15) is 23.6 Å². The Labute approximate surface area is 149 Å². The van der Waals surface area contributed by atoms with Crippen molar-refractivity contribution >= 4 is 27.9 Å². The fourth-order valence-electron chi connectivity index (χ4n) is 2.70. The molecule has 1 amide bonds. The van der Waals surface area contributed by atoms with Gasteiger partial charge in [0.25, 0.3) is 0 Å². The van der Waals surface area contributed by atoms with E-state index in [1.165, 1.54) is 6.08 Å². The van der Waals surface area contributed by atoms with Crippen LogP contribution in [0.5, 0.6) is 11.5 Å². The average Bonchev–Trinajstić information content (AvgIpc) is 2.60. The molecule has 124 valence electrons. The van der Waals surface area contributed by atoms with E-state index in [1.54, 1.807) is 13.2 Å². The number of methoxy groups -OCH3 is 1. The van der Waals surface area contributed by atoms with Crippen LogP contribution in [0.15, 0.2) is 53.0 Å². The van der Waals surface area contributed by atoms with E-state index in [0.717, 1.165) is 33.5 Å². The van der Waals surface area contributed by atoms with Crippen molar-refractivity contribution in [2.45, 2.75) is 12.5 Å². The monoisotopic (exact) mass is 387 g/mol. The molecule has 0 saturated carbocycles. The molecule has 2 aromatic carbocycles. The molecule has 1 atom stereocenters. The van der Waals surface area contributed by atoms with Crippen LogP contribution in [0.25, 0.3) is 6.08 Å². The Hall–Kier alpha value is -2.27. The normalized spacial score (nSPS) is 16.3. The number of benzene rings is 2. The number of amides is 1. The van der Waals surface area contributed by atoms with Gasteiger partial charge in [-0.15, -0.1) is 0 Å². The topological polar surface area (TPSA) is 47.6 Å². The van der Waals surface area contributed by atoms with Crippen LogP contribution < -0.4 is 14.8 Å². The highest BCUT2D eigenvalue weighted by molar-refractivity contribution is 9.10. The number of nitrogens with one attached hydrogen (secondary N) is 1. The van der Waals surface area contributed by atoms with Crippen molar-refractivity contribution < 1.29 is 14.3 Å². The van der Waals surface area contributed by atoms with Crippen molar-refractivity contribution in [1.82, 2.24) is 5.32 Å². The minimum atomic E-state index is -0.140. The van der Waals surface area contributed by atoms with E-state index in [1.807, 2.05) is 42.5 Å². The lowest BCUT2D eigenvalue weighted by Crippen LogP contribution is -2.31. The van der Waals surface area contributed by atoms with Gasteiger partial charge in [0, 0.05) is 28.1 Å². The molecule has 0 aliphatic carbocycles. The Morgan fingerprint density at radius 3 is 3.00 bits per heavy atom. The number of fused-ring (bicyclic) bond motifs is 1. The number of rotatable bonds is 4. The Balaban J connectivity index is 1.72. The zero-order valence-electron chi connectivity index (χ0n) is 13.3. The fourth-order valence-corrected chi connectivity index (χ4v) is 3.08. The van der Waals surface area contributed by atoms with Gasteiger partial charge in [0.15, 0.2) is 0 Å². The fraction of sp³-hybridized carbons (Fsp3) is 0.211. The predicted molar refractivity (Wildman–Crippen MR) is 97.2 cm³/mol. The minimum Gasteiger partial charge on any atom is -0.496 e. The Kier molecular flexibility index (Phi) is 5.20. The zero-order chi connectivity index (χ0) is 16.9. The minimum absolute atomic E-state index is 0.0546. The van der Waals surface area contributed by atoms with Gasteiger partial charge in [-0.1, -0.05) is 34.1 Å². The van der Waals surface area contributed by atoms with E-state index < -0.39 is 0 Å². The summed E-state index contributed by atoms with van der Waals surface area (Å²) in [5.41, 5.74) is 1.86. The summed E-state index contributed by atoms with van der Waals surface area (Å²) in [6, 6.07) is 13.4. The van der Waals surface area contributed by atoms with Crippen LogP contribution in [-0.4, -0.2) is 19.6 Å². The van der Waals surface area contributed by atoms with Crippen molar-refractivity contribution in [3.05, 3.63) is 64.1 Å². The SMILES string of the molecule is COc1ccccc1C=CC(=O)NC1CCOc2ccc(Br)cc21. The van der Waals surface area contributed by atoms with Gasteiger partial charge in [-0.05, 0) is 30.3 Å². The third-order valence-corrected chi connectivity index (χ3v) is 4.37. The van der Waals surface area contributed by atoms with Crippen LogP contribution in [0.4, 0.5) is 0 Å². The highest BCUT2D eigenvalue weighted by atomic mass is 79.9. The number of halogens is 1. The summed E-state index contributed by atoms with van der Waals surface area (Å²) < 4.78 is 11.9. The third kappa shape index (κ3) is 3.79. The van der Waals surface area contributed by atoms with E-state index in [-0.39, 0.29) is 11.9 Å². The van der Waals surface area contributed by atoms with Crippen molar-refractivity contribution in [3.63, 3.8) is 0 Å². The number of para-hydroxylation sites is 1. The highest BCUT2D eigenvalue weighted by Gasteiger charge is 2.22. The second kappa shape index (κ2) is 7.53. The van der Waals surface area contributed by atoms with Crippen molar-refractivity contribution in [2.24, 2.45) is 0 Å². The van der Waals surface area contributed by atoms with Crippen molar-refractivity contribution in [1.29, 1.82) is 0 Å². The molecule has 0 aromatic heterocycles. The number of carbonyl (C=O) groups is 1. The Morgan fingerprint density at radius 2 is 2.17 bits per heavy atom. The molecule has 24 heavy (non-hydrogen) atoms. The quantitative estimate of drug-likeness (QED) is 0.802. The van der Waals surface area contributed by atoms with Crippen LogP contribution in [0.3, 0.4) is 0 Å². The van der Waals surface area contributed by atoms with E-state index in [4.69, 9.17) is 9.47 Å². The summed E-state index contributed by atoms with van der Waals surface area (Å²) >= 11 is 3.47. The van der Waals surface area contributed by atoms with E-state index in [9.17, 15) is 4.79 Å². The Morgan fingerprint density at radius 1 is 1.33 bits per heavy atom. The number of hydrogen-bond acceptors (Lipinski definition) is 3. The predicted octanol–water partition coefficient (Wildman–Crippen LogP) is 4.11. The number of ether oxygens (including phenoxy) is 2. The largest absolute Gasteiger partial charge is 0.496 e. The molecule has 0 bridgehead atoms. The molecule has 0 spiro atoms. The van der Waals surface area contributed by atoms with Crippen LogP contribution in [0, 0.1) is 0 Å². The van der Waals surface area contributed by atoms with Gasteiger partial charge < -0.3 is 14.8 Å². The number of carbonyl (C=O) groups excluding carboxylic acids is 1. The summed E-state index contributed by atoms with van der Waals surface area (Å²) in [4.78, 5) is 12.3. The van der Waals surface area contributed by atoms with Gasteiger partial charge in [0.2, 0.25) is 5.91 Å². The maximum absolute atomic E-state index is 12.3. The van der Waals surface area contributed by atoms with Crippen molar-refractivity contribution in [2.75, 3.05) is 13.7 Å². The molecular formula is C19H18BrNO3. The van der Waals surface area contributed by atoms with Gasteiger partial charge in [-0.2, -0.15) is 0 Å². The molecule has 3 rings (SSSR count). The molecule has 5 heteroatoms. The standard InChI is InChI=1S/C19H18BrNO3/c1-23-17-5-3-2-4-13(17)6-9-19(22)21-16-10-11-24-18-8-7-14(20)12-15(16)18/h2-9,12,16H,10-11H2,1H3,(H,21,22). The second-order valence-corrected chi connectivity index (χ2v) is 6.37. The lowest BCUT2D eigenvalue weighted by molar-refractivity contribution is -0.117. The maximum atomic E-state index is 12.3. The Bertz CT molecular complexity index is 773. The lowest BCUT2D eigenvalue weighted by atomic mass is 10.0. The molecule has 0 fully saturated rings. The molecule has 4 nitrogen and oxygen atoms in total. The van der Waals surface area contributed by atoms with Gasteiger partial charge in [0.1, 0.15) is 11.5 Å². The molecule has 1 aliphatic heterocycles. The van der Waals surface area contributed by atoms with Crippen molar-refractivity contribution in [3.8, 4) is 11.5 Å². The summed E-state index contributed by atoms with van der Waals surface area (Å²) in [7, 11) is 1.61. The smallest absolute Gasteiger partial charge is 0.244 e. The molecule has 0 saturated heterocycles. The van der Waals surface area contributed by atoms with Gasteiger partial charge in [0.05, 0.1) is 19.8 Å². The van der Waals surface area contributed by atoms with E-state index in [0.29, 0.717) is 6.61 Å². The molecule has 0 radical (unpaired) electrons. The number of hydrogen-bond donors (Lipinski definition) is 1. The van der Waals surface area contributed by atoms with Gasteiger partial charge in [-0.3, -0.25) is 4.79 Å². The van der Waals surface area contributed by atoms with E-state index >= 15 is 0 Å². The third-order valence-electron chi connectivity index (χ3n) is 3.88. The first kappa shape index (κ1) is 16.6. The lowest BCUT2D eigenvalue weighted by Gasteiger charge is -2.26. The van der Waals surface area contributed by atoms with E-state index in [2.05, 4.69) is 21.2 Å². The van der Waals surface area contributed by atoms with Crippen LogP contribution >= 0.6 is 15.9 Å². The van der Waals surface area contributed by atoms with Crippen LogP contribution in [0.2, 0.25) is 0 Å². The first-order valence-corrected chi connectivity index (χ1v) is 8.50. The summed E-state index contributed by atoms with van der Waals surface area (Å²) in [5.74, 6) is 1.42. The first-order chi connectivity index (χ1) is 11.7. The molecule has 2 aromatic rings. The molecule has 1 N–H and O–H groups in total. The first-order valence-electron chi connectivity index (χ1n) is 7.71. The zero-order valence-corrected chi connectivity index (χ0v) is 14.9. The summed E-state index contributed by atoms with van der Waals surface area (Å²) in [5, 5.41) is 3.04. The molecule has 1 aliphatic rings. The summed E-state index contributed by atoms with van der Waals surface area (Å²) in [6.45, 7) is 0.593. The molecule has 1 unspecified atom stereocenters. The molecular weight excluding hydrogens is 370 g/mol.